The molecule has 13 heavy (non-hydrogen) atoms. The number of carbonyl (C=O) groups excluding carboxylic acids is 1. The maximum atomic E-state index is 11.3. The first-order chi connectivity index (χ1) is 6.36. The van der Waals surface area contributed by atoms with Gasteiger partial charge in [-0.1, -0.05) is 0 Å². The quantitative estimate of drug-likeness (QED) is 0.699. The Hall–Kier alpha value is -1.83. The molecule has 2 rings (SSSR count). The number of aromatic amines is 1. The number of hydrogen-bond acceptors (Lipinski definition) is 6. The molecule has 7 nitrogen and oxygen atoms in total. The van der Waals surface area contributed by atoms with Crippen LogP contribution in [0, 0.1) is 0 Å². The maximum absolute atomic E-state index is 11.3. The normalized spacial score (nSPS) is 9.85. The lowest BCUT2D eigenvalue weighted by Crippen LogP contribution is -2.13. The van der Waals surface area contributed by atoms with Gasteiger partial charge in [0.25, 0.3) is 5.91 Å². The summed E-state index contributed by atoms with van der Waals surface area (Å²) in [7, 11) is 0. The van der Waals surface area contributed by atoms with Crippen LogP contribution in [0.2, 0.25) is 0 Å². The molecule has 0 aromatic carbocycles. The van der Waals surface area contributed by atoms with Crippen LogP contribution in [0.3, 0.4) is 0 Å². The van der Waals surface area contributed by atoms with Crippen LogP contribution in [0.4, 0.5) is 5.95 Å². The molecule has 0 spiro atoms. The van der Waals surface area contributed by atoms with Crippen LogP contribution in [-0.2, 0) is 0 Å². The second-order valence-electron chi connectivity index (χ2n) is 2.08. The third-order valence-electron chi connectivity index (χ3n) is 1.24. The van der Waals surface area contributed by atoms with Crippen LogP contribution in [0.15, 0.2) is 12.5 Å². The van der Waals surface area contributed by atoms with Crippen molar-refractivity contribution in [3.8, 4) is 0 Å². The van der Waals surface area contributed by atoms with Gasteiger partial charge in [0.2, 0.25) is 5.95 Å². The molecule has 66 valence electrons. The average molecular weight is 196 g/mol. The Bertz CT molecular complexity index is 381. The van der Waals surface area contributed by atoms with E-state index >= 15 is 0 Å². The Morgan fingerprint density at radius 2 is 2.54 bits per heavy atom. The van der Waals surface area contributed by atoms with Crippen molar-refractivity contribution < 1.29 is 4.79 Å². The molecule has 2 N–H and O–H groups in total. The van der Waals surface area contributed by atoms with E-state index in [4.69, 9.17) is 0 Å². The van der Waals surface area contributed by atoms with Gasteiger partial charge >= 0.3 is 0 Å². The van der Waals surface area contributed by atoms with Crippen molar-refractivity contribution in [2.24, 2.45) is 0 Å². The van der Waals surface area contributed by atoms with Gasteiger partial charge in [-0.05, 0) is 0 Å². The molecule has 0 bridgehead atoms. The second-order valence-corrected chi connectivity index (χ2v) is 2.64. The summed E-state index contributed by atoms with van der Waals surface area (Å²) in [5.41, 5.74) is 0.265. The van der Waals surface area contributed by atoms with Crippen LogP contribution >= 0.6 is 11.7 Å². The van der Waals surface area contributed by atoms with E-state index in [0.717, 1.165) is 11.7 Å². The molecule has 2 heterocycles. The monoisotopic (exact) mass is 196 g/mol. The molecule has 0 atom stereocenters. The number of aromatic nitrogens is 5. The maximum Gasteiger partial charge on any atom is 0.279 e. The lowest BCUT2D eigenvalue weighted by Gasteiger charge is -1.94. The molecule has 2 aromatic rings. The van der Waals surface area contributed by atoms with Crippen molar-refractivity contribution in [3.05, 3.63) is 18.2 Å². The van der Waals surface area contributed by atoms with Crippen LogP contribution in [-0.4, -0.2) is 29.8 Å². The number of nitrogens with one attached hydrogen (secondary N) is 2. The summed E-state index contributed by atoms with van der Waals surface area (Å²) in [5.74, 6) is -0.0662. The lowest BCUT2D eigenvalue weighted by molar-refractivity contribution is 0.102. The molecule has 0 aliphatic heterocycles. The molecule has 0 unspecified atom stereocenters. The zero-order chi connectivity index (χ0) is 9.10. The summed E-state index contributed by atoms with van der Waals surface area (Å²) >= 11 is 0.973. The predicted octanol–water partition coefficient (Wildman–Crippen LogP) is -0.0915. The zero-order valence-electron chi connectivity index (χ0n) is 6.26. The fourth-order valence-electron chi connectivity index (χ4n) is 0.702. The first-order valence-electron chi connectivity index (χ1n) is 3.30. The van der Waals surface area contributed by atoms with Gasteiger partial charge in [0.15, 0.2) is 5.69 Å². The van der Waals surface area contributed by atoms with Gasteiger partial charge in [-0.25, -0.2) is 5.10 Å². The second kappa shape index (κ2) is 3.27. The van der Waals surface area contributed by atoms with Gasteiger partial charge in [0.05, 0.1) is 17.9 Å². The summed E-state index contributed by atoms with van der Waals surface area (Å²) in [6.07, 6.45) is 2.69. The van der Waals surface area contributed by atoms with E-state index in [1.165, 1.54) is 12.5 Å². The minimum Gasteiger partial charge on any atom is -0.289 e. The predicted molar refractivity (Wildman–Crippen MR) is 44.2 cm³/mol. The third kappa shape index (κ3) is 1.67. The number of nitrogens with zero attached hydrogens (tertiary/aromatic N) is 4. The summed E-state index contributed by atoms with van der Waals surface area (Å²) < 4.78 is 7.45. The number of amides is 1. The standard InChI is InChI=1S/C5H4N6OS/c12-4(3-1-8-13-11-3)9-5-6-2-7-10-5/h1-2H,(H2,6,7,9,10,12). The molecule has 0 saturated heterocycles. The fourth-order valence-corrected chi connectivity index (χ4v) is 1.11. The largest absolute Gasteiger partial charge is 0.289 e. The van der Waals surface area contributed by atoms with Crippen molar-refractivity contribution in [3.63, 3.8) is 0 Å². The van der Waals surface area contributed by atoms with Crippen molar-refractivity contribution in [1.29, 1.82) is 0 Å². The summed E-state index contributed by atoms with van der Waals surface area (Å²) in [4.78, 5) is 15.0. The van der Waals surface area contributed by atoms with Crippen molar-refractivity contribution >= 4 is 23.6 Å². The Labute approximate surface area is 76.5 Å². The molecular formula is C5H4N6OS. The Morgan fingerprint density at radius 1 is 1.62 bits per heavy atom. The molecule has 1 amide bonds. The fraction of sp³-hybridized carbons (Fsp3) is 0. The Morgan fingerprint density at radius 3 is 3.15 bits per heavy atom. The Balaban J connectivity index is 2.08. The average Bonchev–Trinajstić information content (AvgIpc) is 2.74. The van der Waals surface area contributed by atoms with Gasteiger partial charge in [0, 0.05) is 0 Å². The zero-order valence-corrected chi connectivity index (χ0v) is 7.08. The summed E-state index contributed by atoms with van der Waals surface area (Å²) in [6.45, 7) is 0. The third-order valence-corrected chi connectivity index (χ3v) is 1.72. The highest BCUT2D eigenvalue weighted by molar-refractivity contribution is 6.99. The highest BCUT2D eigenvalue weighted by Gasteiger charge is 2.09. The van der Waals surface area contributed by atoms with Crippen molar-refractivity contribution in [1.82, 2.24) is 23.9 Å². The van der Waals surface area contributed by atoms with Crippen molar-refractivity contribution in [2.75, 3.05) is 5.32 Å². The van der Waals surface area contributed by atoms with Gasteiger partial charge in [-0.2, -0.15) is 18.8 Å². The summed E-state index contributed by atoms with van der Waals surface area (Å²) in [5, 5.41) is 8.52. The molecule has 8 heteroatoms. The van der Waals surface area contributed by atoms with E-state index < -0.39 is 0 Å². The molecule has 0 aliphatic rings. The molecule has 0 fully saturated rings. The van der Waals surface area contributed by atoms with E-state index in [1.807, 2.05) is 0 Å². The lowest BCUT2D eigenvalue weighted by atomic mass is 10.4. The highest BCUT2D eigenvalue weighted by Crippen LogP contribution is 1.99. The highest BCUT2D eigenvalue weighted by atomic mass is 32.1. The number of hydrogen-bond donors (Lipinski definition) is 2. The molecule has 2 aromatic heterocycles. The molecular weight excluding hydrogens is 192 g/mol. The van der Waals surface area contributed by atoms with E-state index in [9.17, 15) is 4.79 Å². The minimum atomic E-state index is -0.356. The van der Waals surface area contributed by atoms with Gasteiger partial charge in [-0.15, -0.1) is 0 Å². The molecule has 0 saturated carbocycles. The van der Waals surface area contributed by atoms with Crippen LogP contribution in [0.25, 0.3) is 0 Å². The SMILES string of the molecule is O=C(Nc1ncn[nH]1)c1cnsn1. The van der Waals surface area contributed by atoms with E-state index in [-0.39, 0.29) is 17.5 Å². The number of H-pyrrole nitrogens is 1. The van der Waals surface area contributed by atoms with Gasteiger partial charge in [-0.3, -0.25) is 10.1 Å². The van der Waals surface area contributed by atoms with Crippen LogP contribution < -0.4 is 5.32 Å². The summed E-state index contributed by atoms with van der Waals surface area (Å²) in [6, 6.07) is 0. The van der Waals surface area contributed by atoms with Gasteiger partial charge in [0.1, 0.15) is 6.33 Å². The van der Waals surface area contributed by atoms with Gasteiger partial charge < -0.3 is 0 Å². The smallest absolute Gasteiger partial charge is 0.279 e. The first kappa shape index (κ1) is 7.80. The number of carbonyl (C=O) groups is 1. The topological polar surface area (TPSA) is 96.5 Å². The van der Waals surface area contributed by atoms with E-state index in [1.54, 1.807) is 0 Å². The van der Waals surface area contributed by atoms with E-state index in [2.05, 4.69) is 29.2 Å². The number of rotatable bonds is 2. The molecule has 0 radical (unpaired) electrons. The number of anilines is 1. The minimum absolute atomic E-state index is 0.265. The van der Waals surface area contributed by atoms with E-state index in [0.29, 0.717) is 0 Å². The molecule has 0 aliphatic carbocycles. The van der Waals surface area contributed by atoms with Crippen LogP contribution in [0.5, 0.6) is 0 Å². The Kier molecular flexibility index (Phi) is 1.96. The van der Waals surface area contributed by atoms with Crippen LogP contribution in [0.1, 0.15) is 10.5 Å². The first-order valence-corrected chi connectivity index (χ1v) is 4.03. The van der Waals surface area contributed by atoms with Crippen molar-refractivity contribution in [2.45, 2.75) is 0 Å².